The Hall–Kier alpha value is -1.49. The van der Waals surface area contributed by atoms with Gasteiger partial charge in [0.15, 0.2) is 11.6 Å². The molecule has 3 rings (SSSR count). The van der Waals surface area contributed by atoms with E-state index in [1.165, 1.54) is 12.1 Å². The Labute approximate surface area is 110 Å². The predicted octanol–water partition coefficient (Wildman–Crippen LogP) is 1.19. The summed E-state index contributed by atoms with van der Waals surface area (Å²) >= 11 is 0. The molecule has 0 bridgehead atoms. The van der Waals surface area contributed by atoms with Gasteiger partial charge in [0.25, 0.3) is 0 Å². The van der Waals surface area contributed by atoms with Gasteiger partial charge in [-0.25, -0.2) is 8.78 Å². The van der Waals surface area contributed by atoms with Gasteiger partial charge in [0, 0.05) is 31.7 Å². The molecular weight excluding hydrogens is 250 g/mol. The van der Waals surface area contributed by atoms with E-state index in [0.29, 0.717) is 11.8 Å². The van der Waals surface area contributed by atoms with Gasteiger partial charge in [0.1, 0.15) is 0 Å². The molecule has 2 fully saturated rings. The predicted molar refractivity (Wildman–Crippen MR) is 66.5 cm³/mol. The lowest BCUT2D eigenvalue weighted by Gasteiger charge is -2.17. The fourth-order valence-electron chi connectivity index (χ4n) is 3.02. The van der Waals surface area contributed by atoms with Crippen LogP contribution in [0, 0.1) is 23.5 Å². The number of nitrogens with zero attached hydrogens (tertiary/aromatic N) is 1. The lowest BCUT2D eigenvalue weighted by atomic mass is 10.0. The fraction of sp³-hybridized carbons (Fsp3) is 0.500. The van der Waals surface area contributed by atoms with Gasteiger partial charge in [-0.3, -0.25) is 4.79 Å². The van der Waals surface area contributed by atoms with Crippen LogP contribution in [0.3, 0.4) is 0 Å². The molecule has 2 heterocycles. The average Bonchev–Trinajstić information content (AvgIpc) is 2.95. The van der Waals surface area contributed by atoms with Crippen LogP contribution in [0.25, 0.3) is 0 Å². The zero-order valence-corrected chi connectivity index (χ0v) is 10.5. The molecule has 1 N–H and O–H groups in total. The molecular formula is C14H16F2N2O. The molecule has 5 heteroatoms. The van der Waals surface area contributed by atoms with Crippen molar-refractivity contribution in [1.82, 2.24) is 10.2 Å². The second kappa shape index (κ2) is 4.89. The van der Waals surface area contributed by atoms with Gasteiger partial charge < -0.3 is 10.2 Å². The lowest BCUT2D eigenvalue weighted by Crippen LogP contribution is -2.33. The maximum absolute atomic E-state index is 13.5. The summed E-state index contributed by atoms with van der Waals surface area (Å²) in [5, 5.41) is 3.30. The third kappa shape index (κ3) is 2.34. The highest BCUT2D eigenvalue weighted by Crippen LogP contribution is 2.27. The van der Waals surface area contributed by atoms with Crippen molar-refractivity contribution in [2.45, 2.75) is 6.42 Å². The van der Waals surface area contributed by atoms with E-state index in [9.17, 15) is 13.6 Å². The summed E-state index contributed by atoms with van der Waals surface area (Å²) in [7, 11) is 0. The first kappa shape index (κ1) is 12.5. The van der Waals surface area contributed by atoms with Gasteiger partial charge in [0.2, 0.25) is 5.91 Å². The normalized spacial score (nSPS) is 25.7. The number of likely N-dealkylation sites (tertiary alicyclic amines) is 1. The number of benzene rings is 1. The molecule has 2 saturated heterocycles. The topological polar surface area (TPSA) is 32.3 Å². The highest BCUT2D eigenvalue weighted by atomic mass is 19.2. The van der Waals surface area contributed by atoms with Crippen molar-refractivity contribution < 1.29 is 13.6 Å². The molecule has 2 aliphatic rings. The molecule has 2 unspecified atom stereocenters. The van der Waals surface area contributed by atoms with E-state index >= 15 is 0 Å². The van der Waals surface area contributed by atoms with E-state index in [4.69, 9.17) is 0 Å². The Balaban J connectivity index is 1.67. The van der Waals surface area contributed by atoms with E-state index in [2.05, 4.69) is 5.32 Å². The zero-order chi connectivity index (χ0) is 13.4. The molecule has 0 saturated carbocycles. The van der Waals surface area contributed by atoms with Crippen LogP contribution in [0.5, 0.6) is 0 Å². The average molecular weight is 266 g/mol. The first-order chi connectivity index (χ1) is 9.15. The van der Waals surface area contributed by atoms with Crippen molar-refractivity contribution >= 4 is 5.91 Å². The lowest BCUT2D eigenvalue weighted by molar-refractivity contribution is -0.129. The van der Waals surface area contributed by atoms with E-state index in [-0.39, 0.29) is 17.9 Å². The van der Waals surface area contributed by atoms with E-state index in [1.807, 2.05) is 0 Å². The van der Waals surface area contributed by atoms with Crippen molar-refractivity contribution in [1.29, 1.82) is 0 Å². The number of carbonyl (C=O) groups is 1. The maximum Gasteiger partial charge on any atom is 0.227 e. The van der Waals surface area contributed by atoms with Crippen LogP contribution in [0.2, 0.25) is 0 Å². The molecule has 3 nitrogen and oxygen atoms in total. The smallest absolute Gasteiger partial charge is 0.227 e. The molecule has 19 heavy (non-hydrogen) atoms. The van der Waals surface area contributed by atoms with E-state index < -0.39 is 11.6 Å². The largest absolute Gasteiger partial charge is 0.342 e. The number of nitrogens with one attached hydrogen (secondary N) is 1. The third-order valence-corrected chi connectivity index (χ3v) is 4.12. The SMILES string of the molecule is O=C(Cc1cccc(F)c1F)N1CC2CNCC2C1. The minimum Gasteiger partial charge on any atom is -0.342 e. The zero-order valence-electron chi connectivity index (χ0n) is 10.5. The summed E-state index contributed by atoms with van der Waals surface area (Å²) < 4.78 is 26.6. The van der Waals surface area contributed by atoms with Gasteiger partial charge in [-0.05, 0) is 17.9 Å². The van der Waals surface area contributed by atoms with Gasteiger partial charge in [-0.1, -0.05) is 12.1 Å². The summed E-state index contributed by atoms with van der Waals surface area (Å²) in [6.45, 7) is 3.35. The van der Waals surface area contributed by atoms with Crippen LogP contribution in [0.4, 0.5) is 8.78 Å². The molecule has 0 radical (unpaired) electrons. The highest BCUT2D eigenvalue weighted by molar-refractivity contribution is 5.79. The summed E-state index contributed by atoms with van der Waals surface area (Å²) in [5.41, 5.74) is 0.139. The molecule has 102 valence electrons. The second-order valence-corrected chi connectivity index (χ2v) is 5.37. The first-order valence-corrected chi connectivity index (χ1v) is 6.56. The van der Waals surface area contributed by atoms with Crippen molar-refractivity contribution in [3.05, 3.63) is 35.4 Å². The van der Waals surface area contributed by atoms with Crippen molar-refractivity contribution in [2.24, 2.45) is 11.8 Å². The Morgan fingerprint density at radius 3 is 2.63 bits per heavy atom. The molecule has 0 aromatic heterocycles. The molecule has 1 aromatic rings. The van der Waals surface area contributed by atoms with Gasteiger partial charge in [-0.2, -0.15) is 0 Å². The van der Waals surface area contributed by atoms with E-state index in [0.717, 1.165) is 32.2 Å². The van der Waals surface area contributed by atoms with Crippen molar-refractivity contribution in [2.75, 3.05) is 26.2 Å². The molecule has 1 aromatic carbocycles. The Bertz CT molecular complexity index is 494. The van der Waals surface area contributed by atoms with E-state index in [1.54, 1.807) is 4.90 Å². The number of carbonyl (C=O) groups excluding carboxylic acids is 1. The number of fused-ring (bicyclic) bond motifs is 1. The van der Waals surface area contributed by atoms with Crippen LogP contribution in [-0.4, -0.2) is 37.0 Å². The van der Waals surface area contributed by atoms with Crippen molar-refractivity contribution in [3.8, 4) is 0 Å². The summed E-state index contributed by atoms with van der Waals surface area (Å²) in [5.74, 6) is -0.883. The molecule has 2 atom stereocenters. The van der Waals surface area contributed by atoms with Gasteiger partial charge in [0.05, 0.1) is 6.42 Å². The standard InChI is InChI=1S/C14H16F2N2O/c15-12-3-1-2-9(14(12)16)4-13(19)18-7-10-5-17-6-11(10)8-18/h1-3,10-11,17H,4-8H2. The number of halogens is 2. The van der Waals surface area contributed by atoms with Gasteiger partial charge in [-0.15, -0.1) is 0 Å². The van der Waals surface area contributed by atoms with Crippen LogP contribution < -0.4 is 5.32 Å². The number of amides is 1. The van der Waals surface area contributed by atoms with Crippen LogP contribution in [0.1, 0.15) is 5.56 Å². The maximum atomic E-state index is 13.5. The van der Waals surface area contributed by atoms with Crippen LogP contribution >= 0.6 is 0 Å². The Morgan fingerprint density at radius 2 is 1.95 bits per heavy atom. The Morgan fingerprint density at radius 1 is 1.26 bits per heavy atom. The third-order valence-electron chi connectivity index (χ3n) is 4.12. The van der Waals surface area contributed by atoms with Crippen LogP contribution in [0.15, 0.2) is 18.2 Å². The summed E-state index contributed by atoms with van der Waals surface area (Å²) in [6, 6.07) is 3.97. The number of hydrogen-bond acceptors (Lipinski definition) is 2. The number of hydrogen-bond donors (Lipinski definition) is 1. The molecule has 0 spiro atoms. The number of rotatable bonds is 2. The quantitative estimate of drug-likeness (QED) is 0.872. The first-order valence-electron chi connectivity index (χ1n) is 6.56. The second-order valence-electron chi connectivity index (χ2n) is 5.37. The monoisotopic (exact) mass is 266 g/mol. The molecule has 2 aliphatic heterocycles. The summed E-state index contributed by atoms with van der Waals surface area (Å²) in [4.78, 5) is 13.9. The Kier molecular flexibility index (Phi) is 3.22. The fourth-order valence-corrected chi connectivity index (χ4v) is 3.02. The van der Waals surface area contributed by atoms with Crippen LogP contribution in [-0.2, 0) is 11.2 Å². The molecule has 1 amide bonds. The minimum atomic E-state index is -0.906. The van der Waals surface area contributed by atoms with Gasteiger partial charge >= 0.3 is 0 Å². The summed E-state index contributed by atoms with van der Waals surface area (Å²) in [6.07, 6.45) is -0.0591. The van der Waals surface area contributed by atoms with Crippen molar-refractivity contribution in [3.63, 3.8) is 0 Å². The highest BCUT2D eigenvalue weighted by Gasteiger charge is 2.37. The molecule has 0 aliphatic carbocycles. The minimum absolute atomic E-state index is 0.0591.